The number of benzene rings is 2. The maximum Gasteiger partial charge on any atom is 0.119 e. The highest BCUT2D eigenvalue weighted by Crippen LogP contribution is 2.30. The second-order valence-electron chi connectivity index (χ2n) is 8.70. The Balaban J connectivity index is 1.71. The van der Waals surface area contributed by atoms with E-state index in [2.05, 4.69) is 27.0 Å². The lowest BCUT2D eigenvalue weighted by atomic mass is 9.92. The van der Waals surface area contributed by atoms with E-state index in [0.717, 1.165) is 41.1 Å². The molecule has 1 unspecified atom stereocenters. The summed E-state index contributed by atoms with van der Waals surface area (Å²) in [6.45, 7) is 6.46. The molecule has 5 heteroatoms. The Morgan fingerprint density at radius 2 is 1.90 bits per heavy atom. The summed E-state index contributed by atoms with van der Waals surface area (Å²) in [6, 6.07) is 15.4. The summed E-state index contributed by atoms with van der Waals surface area (Å²) in [5, 5.41) is 12.7. The molecule has 0 bridgehead atoms. The minimum Gasteiger partial charge on any atom is -0.545 e. The first-order valence-electron chi connectivity index (χ1n) is 10.8. The summed E-state index contributed by atoms with van der Waals surface area (Å²) in [4.78, 5) is 18.1. The molecule has 0 aliphatic carbocycles. The second kappa shape index (κ2) is 8.90. The average molecular weight is 417 g/mol. The molecule has 1 aliphatic heterocycles. The molecule has 0 amide bonds. The molecule has 4 rings (SSSR count). The quantitative estimate of drug-likeness (QED) is 0.671. The number of para-hydroxylation sites is 1. The highest BCUT2D eigenvalue weighted by atomic mass is 16.5. The van der Waals surface area contributed by atoms with Crippen LogP contribution in [0, 0.1) is 5.92 Å². The normalized spacial score (nSPS) is 17.2. The topological polar surface area (TPSA) is 66.7 Å². The Labute approximate surface area is 183 Å². The molecule has 1 N–H and O–H groups in total. The van der Waals surface area contributed by atoms with Crippen molar-refractivity contribution in [2.45, 2.75) is 26.8 Å². The Hall–Kier alpha value is -3.18. The number of hydrogen-bond acceptors (Lipinski definition) is 4. The van der Waals surface area contributed by atoms with Gasteiger partial charge in [0.1, 0.15) is 18.8 Å². The summed E-state index contributed by atoms with van der Waals surface area (Å²) in [6.07, 6.45) is 3.12. The number of aromatic carboxylic acids is 1. The molecule has 2 heterocycles. The number of aromatic nitrogens is 1. The first kappa shape index (κ1) is 21.1. The third-order valence-electron chi connectivity index (χ3n) is 5.66. The van der Waals surface area contributed by atoms with Crippen molar-refractivity contribution in [3.8, 4) is 5.75 Å². The van der Waals surface area contributed by atoms with Gasteiger partial charge in [0.2, 0.25) is 0 Å². The first-order chi connectivity index (χ1) is 14.9. The van der Waals surface area contributed by atoms with Gasteiger partial charge in [0, 0.05) is 22.1 Å². The lowest BCUT2D eigenvalue weighted by Crippen LogP contribution is -3.08. The van der Waals surface area contributed by atoms with Gasteiger partial charge in [-0.15, -0.1) is 0 Å². The van der Waals surface area contributed by atoms with E-state index in [1.807, 2.05) is 42.5 Å². The highest BCUT2D eigenvalue weighted by Gasteiger charge is 2.27. The second-order valence-corrected chi connectivity index (χ2v) is 8.70. The molecule has 0 spiro atoms. The largest absolute Gasteiger partial charge is 0.545 e. The molecule has 0 radical (unpaired) electrons. The number of rotatable bonds is 6. The van der Waals surface area contributed by atoms with Crippen molar-refractivity contribution < 1.29 is 19.5 Å². The zero-order valence-electron chi connectivity index (χ0n) is 18.3. The van der Waals surface area contributed by atoms with E-state index in [1.54, 1.807) is 6.07 Å². The van der Waals surface area contributed by atoms with Gasteiger partial charge >= 0.3 is 0 Å². The van der Waals surface area contributed by atoms with Gasteiger partial charge in [0.05, 0.1) is 30.8 Å². The predicted molar refractivity (Wildman–Crippen MR) is 121 cm³/mol. The molecule has 1 aromatic heterocycles. The zero-order valence-corrected chi connectivity index (χ0v) is 18.3. The van der Waals surface area contributed by atoms with Crippen LogP contribution in [-0.2, 0) is 6.54 Å². The number of likely N-dealkylation sites (N-methyl/N-ethyl adjacent to an activating group) is 1. The minimum atomic E-state index is -1.15. The highest BCUT2D eigenvalue weighted by molar-refractivity contribution is 6.05. The van der Waals surface area contributed by atoms with Gasteiger partial charge in [-0.05, 0) is 42.2 Å². The van der Waals surface area contributed by atoms with Gasteiger partial charge in [-0.2, -0.15) is 0 Å². The van der Waals surface area contributed by atoms with E-state index in [9.17, 15) is 9.90 Å². The van der Waals surface area contributed by atoms with E-state index >= 15 is 0 Å². The fourth-order valence-corrected chi connectivity index (χ4v) is 4.09. The molecule has 2 aromatic carbocycles. The van der Waals surface area contributed by atoms with E-state index < -0.39 is 5.97 Å². The number of fused-ring (bicyclic) bond motifs is 2. The van der Waals surface area contributed by atoms with Crippen LogP contribution >= 0.6 is 0 Å². The number of carbonyl (C=O) groups is 1. The minimum absolute atomic E-state index is 0.263. The summed E-state index contributed by atoms with van der Waals surface area (Å²) < 4.78 is 5.82. The van der Waals surface area contributed by atoms with Crippen molar-refractivity contribution in [2.75, 3.05) is 20.2 Å². The van der Waals surface area contributed by atoms with Crippen LogP contribution < -0.4 is 14.7 Å². The standard InChI is InChI=1S/C26H28N2O3/c1-17(2)12-13-31-20-10-8-18(9-11-20)14-19-15-28(3)16-22-24(26(29)30)21-6-4-5-7-23(21)27-25(19)22/h4-11,14,17H,12-13,15-16H2,1-3H3,(H,29,30)/b19-14+. The van der Waals surface area contributed by atoms with Crippen LogP contribution in [0.2, 0.25) is 0 Å². The van der Waals surface area contributed by atoms with Gasteiger partial charge in [-0.1, -0.05) is 44.2 Å². The molecule has 0 saturated heterocycles. The van der Waals surface area contributed by atoms with Gasteiger partial charge in [0.15, 0.2) is 0 Å². The molecule has 0 fully saturated rings. The number of carboxylic acids is 1. The van der Waals surface area contributed by atoms with Crippen molar-refractivity contribution in [2.24, 2.45) is 5.92 Å². The molecular formula is C26H28N2O3. The molecular weight excluding hydrogens is 388 g/mol. The van der Waals surface area contributed by atoms with E-state index in [0.29, 0.717) is 30.0 Å². The number of ether oxygens (including phenoxy) is 1. The van der Waals surface area contributed by atoms with Gasteiger partial charge in [-0.25, -0.2) is 4.98 Å². The van der Waals surface area contributed by atoms with Crippen LogP contribution in [0.4, 0.5) is 0 Å². The Bertz CT molecular complexity index is 1130. The monoisotopic (exact) mass is 416 g/mol. The molecule has 3 aromatic rings. The molecule has 1 aliphatic rings. The van der Waals surface area contributed by atoms with E-state index in [-0.39, 0.29) is 5.56 Å². The van der Waals surface area contributed by atoms with E-state index in [4.69, 9.17) is 9.72 Å². The van der Waals surface area contributed by atoms with Gasteiger partial charge in [0.25, 0.3) is 0 Å². The predicted octanol–water partition coefficient (Wildman–Crippen LogP) is 2.59. The van der Waals surface area contributed by atoms with Crippen LogP contribution in [0.15, 0.2) is 48.5 Å². The fourth-order valence-electron chi connectivity index (χ4n) is 4.09. The number of nitrogens with zero attached hydrogens (tertiary/aromatic N) is 1. The smallest absolute Gasteiger partial charge is 0.119 e. The molecule has 160 valence electrons. The fraction of sp³-hybridized carbons (Fsp3) is 0.308. The van der Waals surface area contributed by atoms with Crippen LogP contribution in [0.3, 0.4) is 0 Å². The maximum atomic E-state index is 12.0. The third kappa shape index (κ3) is 4.62. The molecule has 1 atom stereocenters. The lowest BCUT2D eigenvalue weighted by molar-refractivity contribution is -0.887. The number of hydrogen-bond donors (Lipinski definition) is 1. The number of pyridine rings is 1. The number of carboxylic acid groups (broad SMARTS) is 1. The van der Waals surface area contributed by atoms with Crippen LogP contribution in [0.5, 0.6) is 5.75 Å². The zero-order chi connectivity index (χ0) is 22.0. The van der Waals surface area contributed by atoms with Gasteiger partial charge < -0.3 is 19.5 Å². The third-order valence-corrected chi connectivity index (χ3v) is 5.66. The summed E-state index contributed by atoms with van der Waals surface area (Å²) in [7, 11) is 2.07. The Morgan fingerprint density at radius 3 is 2.61 bits per heavy atom. The van der Waals surface area contributed by atoms with Crippen molar-refractivity contribution in [1.29, 1.82) is 0 Å². The van der Waals surface area contributed by atoms with Crippen LogP contribution in [0.1, 0.15) is 47.4 Å². The SMILES string of the molecule is CC(C)CCOc1ccc(/C=C2\C[NH+](C)Cc3c2nc2ccccc2c3C(=O)[O-])cc1. The van der Waals surface area contributed by atoms with Crippen molar-refractivity contribution in [3.05, 3.63) is 70.9 Å². The van der Waals surface area contributed by atoms with Crippen molar-refractivity contribution in [3.63, 3.8) is 0 Å². The number of carbonyl (C=O) groups excluding carboxylic acids is 1. The summed E-state index contributed by atoms with van der Waals surface area (Å²) in [5.41, 5.74) is 4.53. The molecule has 0 saturated carbocycles. The van der Waals surface area contributed by atoms with E-state index in [1.165, 1.54) is 4.90 Å². The van der Waals surface area contributed by atoms with Crippen molar-refractivity contribution in [1.82, 2.24) is 4.98 Å². The molecule has 31 heavy (non-hydrogen) atoms. The average Bonchev–Trinajstić information content (AvgIpc) is 2.73. The number of quaternary nitrogens is 1. The lowest BCUT2D eigenvalue weighted by Gasteiger charge is -2.27. The summed E-state index contributed by atoms with van der Waals surface area (Å²) in [5.74, 6) is 0.328. The Morgan fingerprint density at radius 1 is 1.16 bits per heavy atom. The van der Waals surface area contributed by atoms with Crippen molar-refractivity contribution >= 4 is 28.5 Å². The van der Waals surface area contributed by atoms with Crippen LogP contribution in [-0.4, -0.2) is 31.2 Å². The number of nitrogens with one attached hydrogen (secondary N) is 1. The first-order valence-corrected chi connectivity index (χ1v) is 10.8. The summed E-state index contributed by atoms with van der Waals surface area (Å²) >= 11 is 0. The maximum absolute atomic E-state index is 12.0. The van der Waals surface area contributed by atoms with Gasteiger partial charge in [-0.3, -0.25) is 0 Å². The van der Waals surface area contributed by atoms with Crippen LogP contribution in [0.25, 0.3) is 22.6 Å². The molecule has 5 nitrogen and oxygen atoms in total. The Kier molecular flexibility index (Phi) is 6.05.